The fraction of sp³-hybridized carbons (Fsp3) is 0.857. The van der Waals surface area contributed by atoms with Crippen LogP contribution in [0, 0.1) is 0 Å². The molecule has 0 heterocycles. The van der Waals surface area contributed by atoms with Gasteiger partial charge in [-0.2, -0.15) is 0 Å². The Morgan fingerprint density at radius 1 is 1.45 bits per heavy atom. The first-order valence-electron chi connectivity index (χ1n) is 3.82. The molecule has 0 aromatic heterocycles. The SMILES string of the molecule is N[C@H]1CC[C@@](N)(C(=O)O)CC1. The molecule has 0 atom stereocenters. The Balaban J connectivity index is 2.55. The number of hydrogen-bond acceptors (Lipinski definition) is 3. The summed E-state index contributed by atoms with van der Waals surface area (Å²) in [6.45, 7) is 0. The third-order valence-electron chi connectivity index (χ3n) is 2.35. The van der Waals surface area contributed by atoms with Crippen LogP contribution in [0.3, 0.4) is 0 Å². The first kappa shape index (κ1) is 8.49. The van der Waals surface area contributed by atoms with Gasteiger partial charge < -0.3 is 16.6 Å². The summed E-state index contributed by atoms with van der Waals surface area (Å²) in [6.07, 6.45) is 2.46. The molecule has 0 bridgehead atoms. The van der Waals surface area contributed by atoms with E-state index in [1.807, 2.05) is 0 Å². The van der Waals surface area contributed by atoms with Crippen LogP contribution in [0.4, 0.5) is 0 Å². The molecule has 0 amide bonds. The number of aliphatic carboxylic acids is 1. The van der Waals surface area contributed by atoms with Crippen molar-refractivity contribution in [3.05, 3.63) is 0 Å². The summed E-state index contributed by atoms with van der Waals surface area (Å²) in [6, 6.07) is 0.144. The molecule has 1 saturated carbocycles. The number of carboxylic acid groups (broad SMARTS) is 1. The Labute approximate surface area is 65.6 Å². The van der Waals surface area contributed by atoms with E-state index in [1.165, 1.54) is 0 Å². The average Bonchev–Trinajstić information content (AvgIpc) is 1.95. The van der Waals surface area contributed by atoms with E-state index in [-0.39, 0.29) is 6.04 Å². The second-order valence-corrected chi connectivity index (χ2v) is 3.30. The summed E-state index contributed by atoms with van der Waals surface area (Å²) in [4.78, 5) is 10.6. The van der Waals surface area contributed by atoms with Gasteiger partial charge in [-0.1, -0.05) is 0 Å². The summed E-state index contributed by atoms with van der Waals surface area (Å²) in [5, 5.41) is 8.72. The lowest BCUT2D eigenvalue weighted by atomic mass is 9.80. The Bertz CT molecular complexity index is 162. The fourth-order valence-corrected chi connectivity index (χ4v) is 1.37. The normalized spacial score (nSPS) is 38.5. The van der Waals surface area contributed by atoms with Crippen molar-refractivity contribution in [3.8, 4) is 0 Å². The van der Waals surface area contributed by atoms with E-state index in [0.29, 0.717) is 12.8 Å². The van der Waals surface area contributed by atoms with Crippen molar-refractivity contribution in [2.45, 2.75) is 37.3 Å². The predicted molar refractivity (Wildman–Crippen MR) is 41.0 cm³/mol. The van der Waals surface area contributed by atoms with Crippen LogP contribution in [0.25, 0.3) is 0 Å². The lowest BCUT2D eigenvalue weighted by Crippen LogP contribution is -2.52. The number of carbonyl (C=O) groups is 1. The van der Waals surface area contributed by atoms with Gasteiger partial charge in [0.1, 0.15) is 5.54 Å². The van der Waals surface area contributed by atoms with Crippen LogP contribution in [0.5, 0.6) is 0 Å². The zero-order valence-corrected chi connectivity index (χ0v) is 6.42. The Morgan fingerprint density at radius 3 is 2.27 bits per heavy atom. The smallest absolute Gasteiger partial charge is 0.323 e. The maximum atomic E-state index is 10.6. The third kappa shape index (κ3) is 1.70. The minimum absolute atomic E-state index is 0.144. The molecule has 1 rings (SSSR count). The second kappa shape index (κ2) is 2.79. The number of carboxylic acids is 1. The molecule has 1 aliphatic carbocycles. The second-order valence-electron chi connectivity index (χ2n) is 3.30. The molecule has 0 aromatic carbocycles. The largest absolute Gasteiger partial charge is 0.480 e. The average molecular weight is 158 g/mol. The van der Waals surface area contributed by atoms with Crippen molar-refractivity contribution in [2.24, 2.45) is 11.5 Å². The highest BCUT2D eigenvalue weighted by atomic mass is 16.4. The van der Waals surface area contributed by atoms with Crippen LogP contribution in [-0.4, -0.2) is 22.7 Å². The highest BCUT2D eigenvalue weighted by molar-refractivity contribution is 5.78. The molecule has 0 radical (unpaired) electrons. The van der Waals surface area contributed by atoms with E-state index in [0.717, 1.165) is 12.8 Å². The monoisotopic (exact) mass is 158 g/mol. The first-order chi connectivity index (χ1) is 5.04. The van der Waals surface area contributed by atoms with Crippen molar-refractivity contribution in [1.82, 2.24) is 0 Å². The lowest BCUT2D eigenvalue weighted by molar-refractivity contribution is -0.144. The van der Waals surface area contributed by atoms with Gasteiger partial charge in [0.25, 0.3) is 0 Å². The van der Waals surface area contributed by atoms with E-state index < -0.39 is 11.5 Å². The maximum Gasteiger partial charge on any atom is 0.323 e. The van der Waals surface area contributed by atoms with Crippen LogP contribution in [0.2, 0.25) is 0 Å². The molecular formula is C7H14N2O2. The summed E-state index contributed by atoms with van der Waals surface area (Å²) in [5.41, 5.74) is 10.2. The van der Waals surface area contributed by atoms with Gasteiger partial charge in [-0.15, -0.1) is 0 Å². The molecule has 64 valence electrons. The molecule has 1 aliphatic rings. The van der Waals surface area contributed by atoms with Gasteiger partial charge in [0.05, 0.1) is 0 Å². The number of rotatable bonds is 1. The van der Waals surface area contributed by atoms with E-state index in [1.54, 1.807) is 0 Å². The quantitative estimate of drug-likeness (QED) is 0.487. The highest BCUT2D eigenvalue weighted by Crippen LogP contribution is 2.25. The van der Waals surface area contributed by atoms with E-state index in [4.69, 9.17) is 16.6 Å². The Hall–Kier alpha value is -0.610. The molecular weight excluding hydrogens is 144 g/mol. The van der Waals surface area contributed by atoms with Crippen molar-refractivity contribution >= 4 is 5.97 Å². The van der Waals surface area contributed by atoms with E-state index >= 15 is 0 Å². The Kier molecular flexibility index (Phi) is 2.15. The Morgan fingerprint density at radius 2 is 1.91 bits per heavy atom. The summed E-state index contributed by atoms with van der Waals surface area (Å²) >= 11 is 0. The van der Waals surface area contributed by atoms with Gasteiger partial charge in [-0.3, -0.25) is 4.79 Å². The topological polar surface area (TPSA) is 89.3 Å². The van der Waals surface area contributed by atoms with E-state index in [2.05, 4.69) is 0 Å². The number of hydrogen-bond donors (Lipinski definition) is 3. The van der Waals surface area contributed by atoms with Gasteiger partial charge in [0.2, 0.25) is 0 Å². The van der Waals surface area contributed by atoms with Crippen molar-refractivity contribution in [1.29, 1.82) is 0 Å². The van der Waals surface area contributed by atoms with Crippen LogP contribution in [-0.2, 0) is 4.79 Å². The van der Waals surface area contributed by atoms with Gasteiger partial charge in [-0.05, 0) is 25.7 Å². The molecule has 0 unspecified atom stereocenters. The third-order valence-corrected chi connectivity index (χ3v) is 2.35. The summed E-state index contributed by atoms with van der Waals surface area (Å²) in [5.74, 6) is -0.899. The minimum Gasteiger partial charge on any atom is -0.480 e. The van der Waals surface area contributed by atoms with Crippen molar-refractivity contribution < 1.29 is 9.90 Å². The lowest BCUT2D eigenvalue weighted by Gasteiger charge is -2.31. The van der Waals surface area contributed by atoms with Crippen molar-refractivity contribution in [2.75, 3.05) is 0 Å². The first-order valence-corrected chi connectivity index (χ1v) is 3.82. The van der Waals surface area contributed by atoms with Crippen molar-refractivity contribution in [3.63, 3.8) is 0 Å². The van der Waals surface area contributed by atoms with Gasteiger partial charge >= 0.3 is 5.97 Å². The molecule has 0 spiro atoms. The molecule has 0 saturated heterocycles. The fourth-order valence-electron chi connectivity index (χ4n) is 1.37. The molecule has 4 nitrogen and oxygen atoms in total. The molecule has 0 aromatic rings. The predicted octanol–water partition coefficient (Wildman–Crippen LogP) is -0.330. The molecule has 4 heteroatoms. The zero-order valence-electron chi connectivity index (χ0n) is 6.42. The molecule has 0 aliphatic heterocycles. The highest BCUT2D eigenvalue weighted by Gasteiger charge is 2.37. The van der Waals surface area contributed by atoms with Crippen LogP contribution in [0.15, 0.2) is 0 Å². The molecule has 1 fully saturated rings. The van der Waals surface area contributed by atoms with Crippen LogP contribution < -0.4 is 11.5 Å². The van der Waals surface area contributed by atoms with Gasteiger partial charge in [0, 0.05) is 6.04 Å². The summed E-state index contributed by atoms with van der Waals surface area (Å²) < 4.78 is 0. The zero-order chi connectivity index (χ0) is 8.48. The van der Waals surface area contributed by atoms with E-state index in [9.17, 15) is 4.79 Å². The van der Waals surface area contributed by atoms with Gasteiger partial charge in [-0.25, -0.2) is 0 Å². The minimum atomic E-state index is -1.00. The molecule has 11 heavy (non-hydrogen) atoms. The molecule has 5 N–H and O–H groups in total. The maximum absolute atomic E-state index is 10.6. The number of nitrogens with two attached hydrogens (primary N) is 2. The van der Waals surface area contributed by atoms with Crippen LogP contribution >= 0.6 is 0 Å². The van der Waals surface area contributed by atoms with Crippen LogP contribution in [0.1, 0.15) is 25.7 Å². The summed E-state index contributed by atoms with van der Waals surface area (Å²) in [7, 11) is 0. The van der Waals surface area contributed by atoms with Gasteiger partial charge in [0.15, 0.2) is 0 Å². The standard InChI is InChI=1S/C7H14N2O2/c8-5-1-3-7(9,4-2-5)6(10)11/h5H,1-4,8-9H2,(H,10,11)/t5-,7-.